The van der Waals surface area contributed by atoms with Crippen LogP contribution in [0.4, 0.5) is 0 Å². The molecule has 0 heterocycles. The molecular weight excluding hydrogens is 266 g/mol. The zero-order valence-corrected chi connectivity index (χ0v) is 12.8. The highest BCUT2D eigenvalue weighted by atomic mass is 32.1. The monoisotopic (exact) mass is 285 g/mol. The van der Waals surface area contributed by atoms with E-state index in [0.29, 0.717) is 4.99 Å². The van der Waals surface area contributed by atoms with E-state index in [4.69, 9.17) is 22.7 Å². The summed E-state index contributed by atoms with van der Waals surface area (Å²) in [6, 6.07) is 15.6. The quantitative estimate of drug-likeness (QED) is 0.848. The maximum Gasteiger partial charge on any atom is 0.131 e. The number of hydrogen-bond donors (Lipinski definition) is 1. The van der Waals surface area contributed by atoms with Gasteiger partial charge < -0.3 is 10.5 Å². The first-order valence-corrected chi connectivity index (χ1v) is 6.96. The Bertz CT molecular complexity index is 612. The third-order valence-corrected chi connectivity index (χ3v) is 3.30. The summed E-state index contributed by atoms with van der Waals surface area (Å²) in [7, 11) is 0. The molecule has 0 aliphatic heterocycles. The van der Waals surface area contributed by atoms with Gasteiger partial charge in [-0.1, -0.05) is 51.2 Å². The predicted molar refractivity (Wildman–Crippen MR) is 87.5 cm³/mol. The molecule has 3 heteroatoms. The summed E-state index contributed by atoms with van der Waals surface area (Å²) < 4.78 is 5.99. The molecule has 2 aromatic carbocycles. The maximum absolute atomic E-state index is 5.99. The van der Waals surface area contributed by atoms with E-state index in [1.807, 2.05) is 42.5 Å². The zero-order chi connectivity index (χ0) is 14.8. The van der Waals surface area contributed by atoms with Gasteiger partial charge in [0.15, 0.2) is 0 Å². The molecule has 20 heavy (non-hydrogen) atoms. The highest BCUT2D eigenvalue weighted by Gasteiger charge is 2.18. The van der Waals surface area contributed by atoms with Crippen molar-refractivity contribution in [1.29, 1.82) is 0 Å². The molecule has 0 aliphatic rings. The number of rotatable bonds is 3. The van der Waals surface area contributed by atoms with Gasteiger partial charge in [0, 0.05) is 11.1 Å². The van der Waals surface area contributed by atoms with Crippen molar-refractivity contribution in [3.05, 3.63) is 59.7 Å². The fraction of sp³-hybridized carbons (Fsp3) is 0.235. The van der Waals surface area contributed by atoms with Crippen molar-refractivity contribution in [1.82, 2.24) is 0 Å². The van der Waals surface area contributed by atoms with Gasteiger partial charge in [0.25, 0.3) is 0 Å². The van der Waals surface area contributed by atoms with E-state index in [1.165, 1.54) is 5.56 Å². The largest absolute Gasteiger partial charge is 0.457 e. The van der Waals surface area contributed by atoms with Crippen LogP contribution < -0.4 is 10.5 Å². The van der Waals surface area contributed by atoms with Crippen LogP contribution in [0.15, 0.2) is 48.5 Å². The van der Waals surface area contributed by atoms with Gasteiger partial charge in [-0.3, -0.25) is 0 Å². The number of para-hydroxylation sites is 1. The molecule has 0 fully saturated rings. The lowest BCUT2D eigenvalue weighted by atomic mass is 9.86. The summed E-state index contributed by atoms with van der Waals surface area (Å²) in [5.74, 6) is 1.66. The van der Waals surface area contributed by atoms with E-state index in [1.54, 1.807) is 0 Å². The normalized spacial score (nSPS) is 11.2. The van der Waals surface area contributed by atoms with E-state index in [-0.39, 0.29) is 5.41 Å². The summed E-state index contributed by atoms with van der Waals surface area (Å²) >= 11 is 4.94. The number of benzene rings is 2. The highest BCUT2D eigenvalue weighted by Crippen LogP contribution is 2.33. The van der Waals surface area contributed by atoms with E-state index < -0.39 is 0 Å². The minimum atomic E-state index is 0.0371. The van der Waals surface area contributed by atoms with Gasteiger partial charge in [0.1, 0.15) is 16.5 Å². The molecule has 104 valence electrons. The Balaban J connectivity index is 2.28. The van der Waals surface area contributed by atoms with Crippen LogP contribution in [0.3, 0.4) is 0 Å². The van der Waals surface area contributed by atoms with Crippen LogP contribution in [0.1, 0.15) is 31.9 Å². The first-order valence-electron chi connectivity index (χ1n) is 6.55. The molecule has 0 amide bonds. The molecule has 2 rings (SSSR count). The highest BCUT2D eigenvalue weighted by molar-refractivity contribution is 7.80. The van der Waals surface area contributed by atoms with Gasteiger partial charge in [-0.05, 0) is 35.7 Å². The number of ether oxygens (including phenoxy) is 1. The third-order valence-electron chi connectivity index (χ3n) is 3.06. The topological polar surface area (TPSA) is 35.2 Å². The van der Waals surface area contributed by atoms with E-state index in [9.17, 15) is 0 Å². The Labute approximate surface area is 125 Å². The van der Waals surface area contributed by atoms with Crippen molar-refractivity contribution in [2.75, 3.05) is 0 Å². The van der Waals surface area contributed by atoms with Gasteiger partial charge in [-0.25, -0.2) is 0 Å². The smallest absolute Gasteiger partial charge is 0.131 e. The lowest BCUT2D eigenvalue weighted by molar-refractivity contribution is 0.455. The summed E-state index contributed by atoms with van der Waals surface area (Å²) in [5.41, 5.74) is 7.65. The van der Waals surface area contributed by atoms with Crippen molar-refractivity contribution < 1.29 is 4.74 Å². The molecule has 2 N–H and O–H groups in total. The van der Waals surface area contributed by atoms with Gasteiger partial charge in [0.2, 0.25) is 0 Å². The minimum absolute atomic E-state index is 0.0371. The van der Waals surface area contributed by atoms with Crippen LogP contribution in [0.2, 0.25) is 0 Å². The fourth-order valence-electron chi connectivity index (χ4n) is 1.99. The molecule has 2 nitrogen and oxygen atoms in total. The second-order valence-corrected chi connectivity index (χ2v) is 6.18. The molecule has 0 aliphatic carbocycles. The van der Waals surface area contributed by atoms with Crippen molar-refractivity contribution in [3.63, 3.8) is 0 Å². The molecule has 0 spiro atoms. The van der Waals surface area contributed by atoms with Gasteiger partial charge >= 0.3 is 0 Å². The average Bonchev–Trinajstić information content (AvgIpc) is 2.38. The van der Waals surface area contributed by atoms with Crippen molar-refractivity contribution >= 4 is 17.2 Å². The molecule has 0 saturated heterocycles. The van der Waals surface area contributed by atoms with Gasteiger partial charge in [-0.15, -0.1) is 0 Å². The van der Waals surface area contributed by atoms with E-state index >= 15 is 0 Å². The number of nitrogens with two attached hydrogens (primary N) is 1. The van der Waals surface area contributed by atoms with E-state index in [0.717, 1.165) is 17.1 Å². The summed E-state index contributed by atoms with van der Waals surface area (Å²) in [4.78, 5) is 0.395. The first-order chi connectivity index (χ1) is 9.38. The van der Waals surface area contributed by atoms with Gasteiger partial charge in [0.05, 0.1) is 0 Å². The van der Waals surface area contributed by atoms with Crippen LogP contribution >= 0.6 is 12.2 Å². The minimum Gasteiger partial charge on any atom is -0.457 e. The Kier molecular flexibility index (Phi) is 4.09. The SMILES string of the molecule is CC(C)(C)c1ccccc1Oc1ccc(C(N)=S)cc1. The number of thiocarbonyl (C=S) groups is 1. The Morgan fingerprint density at radius 2 is 1.60 bits per heavy atom. The summed E-state index contributed by atoms with van der Waals surface area (Å²) in [5, 5.41) is 0. The Morgan fingerprint density at radius 1 is 1.00 bits per heavy atom. The standard InChI is InChI=1S/C17H19NOS/c1-17(2,3)14-6-4-5-7-15(14)19-13-10-8-12(9-11-13)16(18)20/h4-11H,1-3H3,(H2,18,20). The third kappa shape index (κ3) is 3.36. The maximum atomic E-state index is 5.99. The molecule has 0 bridgehead atoms. The molecule has 0 radical (unpaired) electrons. The number of hydrogen-bond acceptors (Lipinski definition) is 2. The Morgan fingerprint density at radius 3 is 2.15 bits per heavy atom. The average molecular weight is 285 g/mol. The molecule has 0 atom stereocenters. The molecule has 0 saturated carbocycles. The summed E-state index contributed by atoms with van der Waals surface area (Å²) in [6.07, 6.45) is 0. The van der Waals surface area contributed by atoms with Crippen molar-refractivity contribution in [2.24, 2.45) is 5.73 Å². The molecular formula is C17H19NOS. The van der Waals surface area contributed by atoms with E-state index in [2.05, 4.69) is 26.8 Å². The molecule has 0 unspecified atom stereocenters. The predicted octanol–water partition coefficient (Wildman–Crippen LogP) is 4.41. The second kappa shape index (κ2) is 5.63. The molecule has 0 aromatic heterocycles. The van der Waals surface area contributed by atoms with Crippen molar-refractivity contribution in [3.8, 4) is 11.5 Å². The van der Waals surface area contributed by atoms with Crippen LogP contribution in [0.25, 0.3) is 0 Å². The Hall–Kier alpha value is -1.87. The van der Waals surface area contributed by atoms with Gasteiger partial charge in [-0.2, -0.15) is 0 Å². The van der Waals surface area contributed by atoms with Crippen LogP contribution in [0, 0.1) is 0 Å². The van der Waals surface area contributed by atoms with Crippen LogP contribution in [-0.2, 0) is 5.41 Å². The first kappa shape index (κ1) is 14.5. The molecule has 2 aromatic rings. The lowest BCUT2D eigenvalue weighted by Gasteiger charge is -2.22. The second-order valence-electron chi connectivity index (χ2n) is 5.74. The zero-order valence-electron chi connectivity index (χ0n) is 12.0. The lowest BCUT2D eigenvalue weighted by Crippen LogP contribution is -2.12. The summed E-state index contributed by atoms with van der Waals surface area (Å²) in [6.45, 7) is 6.52. The van der Waals surface area contributed by atoms with Crippen molar-refractivity contribution in [2.45, 2.75) is 26.2 Å². The van der Waals surface area contributed by atoms with Crippen LogP contribution in [0.5, 0.6) is 11.5 Å². The van der Waals surface area contributed by atoms with Crippen LogP contribution in [-0.4, -0.2) is 4.99 Å². The fourth-order valence-corrected chi connectivity index (χ4v) is 2.13.